The average molecular weight is 425 g/mol. The summed E-state index contributed by atoms with van der Waals surface area (Å²) in [5, 5.41) is 4.39. The lowest BCUT2D eigenvalue weighted by atomic mass is 10.2. The fraction of sp³-hybridized carbons (Fsp3) is 0.227. The number of nitrogen functional groups attached to an aromatic ring is 1. The summed E-state index contributed by atoms with van der Waals surface area (Å²) in [4.78, 5) is 16.9. The number of carbonyl (C=O) groups is 1. The fourth-order valence-corrected chi connectivity index (χ4v) is 3.54. The first-order valence-corrected chi connectivity index (χ1v) is 10.3. The topological polar surface area (TPSA) is 98.8 Å². The maximum atomic E-state index is 12.3. The Morgan fingerprint density at radius 1 is 1.23 bits per heavy atom. The summed E-state index contributed by atoms with van der Waals surface area (Å²) in [6, 6.07) is 13.6. The number of anilines is 1. The van der Waals surface area contributed by atoms with Gasteiger partial charge >= 0.3 is 0 Å². The lowest BCUT2D eigenvalue weighted by Gasteiger charge is -2.11. The highest BCUT2D eigenvalue weighted by atomic mass is 32.1. The van der Waals surface area contributed by atoms with Gasteiger partial charge in [0.15, 0.2) is 16.6 Å². The molecule has 0 aliphatic rings. The number of amides is 1. The van der Waals surface area contributed by atoms with E-state index in [2.05, 4.69) is 15.5 Å². The molecule has 0 spiro atoms. The minimum atomic E-state index is -0.331. The Morgan fingerprint density at radius 3 is 2.70 bits per heavy atom. The Morgan fingerprint density at radius 2 is 2.00 bits per heavy atom. The molecule has 0 bridgehead atoms. The van der Waals surface area contributed by atoms with E-state index < -0.39 is 0 Å². The first-order valence-electron chi connectivity index (χ1n) is 9.45. The van der Waals surface area contributed by atoms with Gasteiger partial charge in [-0.2, -0.15) is 5.10 Å². The Hall–Kier alpha value is -3.39. The summed E-state index contributed by atoms with van der Waals surface area (Å²) >= 11 is 1.15. The summed E-state index contributed by atoms with van der Waals surface area (Å²) in [6.07, 6.45) is 2.17. The second kappa shape index (κ2) is 9.89. The molecule has 0 saturated carbocycles. The summed E-state index contributed by atoms with van der Waals surface area (Å²) in [5.74, 6) is 0.884. The Bertz CT molecular complexity index is 1050. The molecule has 0 unspecified atom stereocenters. The summed E-state index contributed by atoms with van der Waals surface area (Å²) in [5.41, 5.74) is 11.9. The molecule has 0 atom stereocenters. The summed E-state index contributed by atoms with van der Waals surface area (Å²) < 4.78 is 11.3. The van der Waals surface area contributed by atoms with Crippen molar-refractivity contribution in [1.29, 1.82) is 0 Å². The van der Waals surface area contributed by atoms with E-state index in [4.69, 9.17) is 15.2 Å². The molecule has 0 radical (unpaired) electrons. The van der Waals surface area contributed by atoms with E-state index in [1.165, 1.54) is 5.56 Å². The van der Waals surface area contributed by atoms with Crippen LogP contribution in [-0.4, -0.2) is 24.2 Å². The molecule has 3 N–H and O–H groups in total. The quantitative estimate of drug-likeness (QED) is 0.421. The van der Waals surface area contributed by atoms with Crippen molar-refractivity contribution < 1.29 is 14.3 Å². The molecule has 3 rings (SSSR count). The van der Waals surface area contributed by atoms with Crippen molar-refractivity contribution >= 4 is 28.6 Å². The normalized spacial score (nSPS) is 10.9. The van der Waals surface area contributed by atoms with Crippen molar-refractivity contribution in [1.82, 2.24) is 10.4 Å². The van der Waals surface area contributed by atoms with Gasteiger partial charge in [-0.3, -0.25) is 4.79 Å². The van der Waals surface area contributed by atoms with Crippen LogP contribution in [0.3, 0.4) is 0 Å². The number of thiazole rings is 1. The van der Waals surface area contributed by atoms with E-state index in [0.29, 0.717) is 40.2 Å². The van der Waals surface area contributed by atoms with Gasteiger partial charge in [0.25, 0.3) is 5.91 Å². The van der Waals surface area contributed by atoms with Gasteiger partial charge < -0.3 is 15.2 Å². The molecule has 30 heavy (non-hydrogen) atoms. The third kappa shape index (κ3) is 5.36. The number of nitrogens with one attached hydrogen (secondary N) is 1. The number of carbonyl (C=O) groups excluding carboxylic acids is 1. The summed E-state index contributed by atoms with van der Waals surface area (Å²) in [7, 11) is 1.58. The number of aromatic nitrogens is 1. The van der Waals surface area contributed by atoms with Gasteiger partial charge in [0.1, 0.15) is 11.5 Å². The van der Waals surface area contributed by atoms with E-state index in [9.17, 15) is 4.79 Å². The highest BCUT2D eigenvalue weighted by molar-refractivity contribution is 7.17. The third-order valence-corrected chi connectivity index (χ3v) is 5.26. The lowest BCUT2D eigenvalue weighted by molar-refractivity contribution is 0.0958. The van der Waals surface area contributed by atoms with Crippen molar-refractivity contribution in [2.45, 2.75) is 26.9 Å². The third-order valence-electron chi connectivity index (χ3n) is 4.34. The molecule has 0 saturated heterocycles. The van der Waals surface area contributed by atoms with Crippen molar-refractivity contribution in [2.75, 3.05) is 12.8 Å². The molecule has 156 valence electrons. The highest BCUT2D eigenvalue weighted by Gasteiger charge is 2.15. The maximum absolute atomic E-state index is 12.3. The van der Waals surface area contributed by atoms with Crippen LogP contribution in [0.5, 0.6) is 11.5 Å². The van der Waals surface area contributed by atoms with Crippen molar-refractivity contribution in [3.63, 3.8) is 0 Å². The van der Waals surface area contributed by atoms with Crippen LogP contribution in [-0.2, 0) is 13.0 Å². The molecule has 8 heteroatoms. The number of hydrazone groups is 1. The zero-order chi connectivity index (χ0) is 21.5. The maximum Gasteiger partial charge on any atom is 0.283 e. The zero-order valence-corrected chi connectivity index (χ0v) is 18.0. The first-order chi connectivity index (χ1) is 14.5. The predicted molar refractivity (Wildman–Crippen MR) is 119 cm³/mol. The number of nitrogens with two attached hydrogens (primary N) is 1. The number of nitrogens with zero attached hydrogens (tertiary/aromatic N) is 2. The van der Waals surface area contributed by atoms with Crippen LogP contribution in [0.25, 0.3) is 0 Å². The van der Waals surface area contributed by atoms with Crippen LogP contribution >= 0.6 is 11.3 Å². The second-order valence-corrected chi connectivity index (χ2v) is 7.60. The predicted octanol–water partition coefficient (Wildman–Crippen LogP) is 3.95. The van der Waals surface area contributed by atoms with Gasteiger partial charge in [-0.25, -0.2) is 10.4 Å². The molecule has 1 amide bonds. The van der Waals surface area contributed by atoms with E-state index in [-0.39, 0.29) is 5.91 Å². The number of hydrogen-bond acceptors (Lipinski definition) is 7. The Balaban J connectivity index is 1.63. The Kier molecular flexibility index (Phi) is 7.03. The van der Waals surface area contributed by atoms with Gasteiger partial charge in [0, 0.05) is 0 Å². The molecule has 2 aromatic carbocycles. The molecular weight excluding hydrogens is 400 g/mol. The van der Waals surface area contributed by atoms with Gasteiger partial charge in [0.05, 0.1) is 19.0 Å². The van der Waals surface area contributed by atoms with E-state index in [0.717, 1.165) is 22.5 Å². The van der Waals surface area contributed by atoms with Crippen LogP contribution in [0.1, 0.15) is 39.0 Å². The van der Waals surface area contributed by atoms with Crippen molar-refractivity contribution in [2.24, 2.45) is 5.10 Å². The number of ether oxygens (including phenoxy) is 2. The number of rotatable bonds is 8. The Labute approximate surface area is 179 Å². The SMILES string of the molecule is CCc1nc(N)sc1C(=O)NN=Cc1ccc(OCc2ccc(C)cc2)c(OC)c1. The van der Waals surface area contributed by atoms with Crippen LogP contribution in [0.2, 0.25) is 0 Å². The standard InChI is InChI=1S/C22H24N4O3S/c1-4-17-20(30-22(23)25-17)21(27)26-24-12-16-9-10-18(19(11-16)28-3)29-13-15-7-5-14(2)6-8-15/h5-12H,4,13H2,1-3H3,(H2,23,25)(H,26,27). The van der Waals surface area contributed by atoms with Crippen LogP contribution in [0.4, 0.5) is 5.13 Å². The largest absolute Gasteiger partial charge is 0.493 e. The average Bonchev–Trinajstić information content (AvgIpc) is 3.14. The zero-order valence-electron chi connectivity index (χ0n) is 17.1. The molecule has 0 aliphatic carbocycles. The number of hydrogen-bond donors (Lipinski definition) is 2. The second-order valence-electron chi connectivity index (χ2n) is 6.57. The van der Waals surface area contributed by atoms with Crippen molar-refractivity contribution in [3.05, 3.63) is 69.7 Å². The van der Waals surface area contributed by atoms with Gasteiger partial charge in [0.2, 0.25) is 0 Å². The highest BCUT2D eigenvalue weighted by Crippen LogP contribution is 2.28. The monoisotopic (exact) mass is 424 g/mol. The molecular formula is C22H24N4O3S. The minimum Gasteiger partial charge on any atom is -0.493 e. The number of aryl methyl sites for hydroxylation is 2. The molecule has 3 aromatic rings. The number of benzene rings is 2. The van der Waals surface area contributed by atoms with Gasteiger partial charge in [-0.05, 0) is 42.7 Å². The molecule has 1 aromatic heterocycles. The van der Waals surface area contributed by atoms with Crippen LogP contribution < -0.4 is 20.6 Å². The smallest absolute Gasteiger partial charge is 0.283 e. The lowest BCUT2D eigenvalue weighted by Crippen LogP contribution is -2.17. The fourth-order valence-electron chi connectivity index (χ4n) is 2.73. The molecule has 0 fully saturated rings. The first kappa shape index (κ1) is 21.3. The van der Waals surface area contributed by atoms with Crippen molar-refractivity contribution in [3.8, 4) is 11.5 Å². The van der Waals surface area contributed by atoms with E-state index in [1.807, 2.05) is 50.2 Å². The molecule has 0 aliphatic heterocycles. The summed E-state index contributed by atoms with van der Waals surface area (Å²) in [6.45, 7) is 4.41. The van der Waals surface area contributed by atoms with E-state index in [1.54, 1.807) is 19.4 Å². The number of methoxy groups -OCH3 is 1. The van der Waals surface area contributed by atoms with Gasteiger partial charge in [-0.15, -0.1) is 0 Å². The molecule has 7 nitrogen and oxygen atoms in total. The molecule has 1 heterocycles. The van der Waals surface area contributed by atoms with Gasteiger partial charge in [-0.1, -0.05) is 48.1 Å². The van der Waals surface area contributed by atoms with Crippen LogP contribution in [0, 0.1) is 6.92 Å². The minimum absolute atomic E-state index is 0.331. The van der Waals surface area contributed by atoms with E-state index >= 15 is 0 Å². The van der Waals surface area contributed by atoms with Crippen LogP contribution in [0.15, 0.2) is 47.6 Å².